The molecule has 0 N–H and O–H groups in total. The molecule has 6 heteroatoms. The van der Waals surface area contributed by atoms with Crippen molar-refractivity contribution in [2.24, 2.45) is 21.8 Å². The normalized spacial score (nSPS) is 12.2. The van der Waals surface area contributed by atoms with Crippen molar-refractivity contribution in [2.75, 3.05) is 0 Å². The van der Waals surface area contributed by atoms with Crippen LogP contribution in [0.1, 0.15) is 140 Å². The monoisotopic (exact) mass is 663 g/mol. The predicted octanol–water partition coefficient (Wildman–Crippen LogP) is 5.13. The first-order valence-corrected chi connectivity index (χ1v) is 15.2. The van der Waals surface area contributed by atoms with E-state index in [0.29, 0.717) is 23.7 Å². The van der Waals surface area contributed by atoms with Gasteiger partial charge in [0.25, 0.3) is 0 Å². The van der Waals surface area contributed by atoms with Crippen LogP contribution in [-0.4, -0.2) is 16.4 Å². The molecule has 0 unspecified atom stereocenters. The van der Waals surface area contributed by atoms with E-state index in [-0.39, 0.29) is 53.7 Å². The quantitative estimate of drug-likeness (QED) is 0.219. The summed E-state index contributed by atoms with van der Waals surface area (Å²) < 4.78 is 0. The average molecular weight is 665 g/mol. The van der Waals surface area contributed by atoms with Crippen LogP contribution in [0, 0.1) is 11.8 Å². The maximum atomic E-state index is 5.39. The second-order valence-corrected chi connectivity index (χ2v) is 12.9. The number of hydrogen-bond acceptors (Lipinski definition) is 3. The van der Waals surface area contributed by atoms with Crippen molar-refractivity contribution in [1.29, 1.82) is 0 Å². The van der Waals surface area contributed by atoms with Gasteiger partial charge in [0.15, 0.2) is 0 Å². The van der Waals surface area contributed by atoms with E-state index in [2.05, 4.69) is 138 Å². The van der Waals surface area contributed by atoms with Gasteiger partial charge >= 0.3 is 17.1 Å². The molecule has 236 valence electrons. The Kier molecular flexibility index (Phi) is 17.3. The van der Waals surface area contributed by atoms with Gasteiger partial charge in [0.1, 0.15) is 0 Å². The van der Waals surface area contributed by atoms with Gasteiger partial charge in [0.2, 0.25) is 0 Å². The number of benzene rings is 2. The molecule has 3 nitrogen and oxygen atoms in total. The minimum absolute atomic E-state index is 0. The van der Waals surface area contributed by atoms with Gasteiger partial charge < -0.3 is 24.8 Å². The molecule has 0 fully saturated rings. The number of nitrogens with zero attached hydrogens (tertiary/aromatic N) is 3. The zero-order chi connectivity index (χ0) is 29.7. The van der Waals surface area contributed by atoms with E-state index in [1.54, 1.807) is 0 Å². The molecule has 0 aliphatic heterocycles. The van der Waals surface area contributed by atoms with Gasteiger partial charge in [0, 0.05) is 0 Å². The Balaban J connectivity index is 0.00000588. The van der Waals surface area contributed by atoms with E-state index in [1.165, 1.54) is 22.3 Å². The molecule has 1 aromatic heterocycles. The first kappa shape index (κ1) is 41.0. The maximum absolute atomic E-state index is 5.39. The molecule has 2 aromatic carbocycles. The molecule has 3 rings (SSSR count). The Bertz CT molecular complexity index is 1220. The third-order valence-electron chi connectivity index (χ3n) is 7.52. The van der Waals surface area contributed by atoms with Crippen LogP contribution in [0.4, 0.5) is 11.4 Å². The molecule has 3 aromatic rings. The van der Waals surface area contributed by atoms with Crippen LogP contribution in [0.5, 0.6) is 0 Å². The van der Waals surface area contributed by atoms with Crippen molar-refractivity contribution < 1.29 is 41.9 Å². The predicted molar refractivity (Wildman–Crippen MR) is 176 cm³/mol. The van der Waals surface area contributed by atoms with E-state index < -0.39 is 0 Å². The summed E-state index contributed by atoms with van der Waals surface area (Å²) in [5.74, 6) is 2.00. The Labute approximate surface area is 285 Å². The van der Waals surface area contributed by atoms with Crippen LogP contribution < -0.4 is 24.8 Å². The summed E-state index contributed by atoms with van der Waals surface area (Å²) in [5.41, 5.74) is 11.3. The van der Waals surface area contributed by atoms with Crippen molar-refractivity contribution >= 4 is 22.8 Å². The molecule has 1 heterocycles. The minimum atomic E-state index is 0. The summed E-state index contributed by atoms with van der Waals surface area (Å²) in [7, 11) is 0. The van der Waals surface area contributed by atoms with Gasteiger partial charge in [0.05, 0.1) is 34.2 Å². The fraction of sp³-hybridized carbons (Fsp3) is 0.486. The average Bonchev–Trinajstić information content (AvgIpc) is 2.89. The molecule has 0 aliphatic carbocycles. The molecule has 0 radical (unpaired) electrons. The van der Waals surface area contributed by atoms with Gasteiger partial charge in [-0.05, 0) is 69.9 Å². The number of halogens is 2. The van der Waals surface area contributed by atoms with Gasteiger partial charge in [-0.2, -0.15) is 0 Å². The number of rotatable bonds is 10. The Morgan fingerprint density at radius 3 is 0.953 bits per heavy atom. The van der Waals surface area contributed by atoms with Crippen molar-refractivity contribution in [3.8, 4) is 0 Å². The van der Waals surface area contributed by atoms with E-state index in [0.717, 1.165) is 34.2 Å². The zero-order valence-electron chi connectivity index (χ0n) is 28.1. The Hall–Kier alpha value is -1.97. The van der Waals surface area contributed by atoms with Crippen LogP contribution in [0.2, 0.25) is 0 Å². The number of hydrogen-bond donors (Lipinski definition) is 0. The fourth-order valence-electron chi connectivity index (χ4n) is 5.21. The van der Waals surface area contributed by atoms with E-state index >= 15 is 0 Å². The van der Waals surface area contributed by atoms with Crippen molar-refractivity contribution in [3.63, 3.8) is 0 Å². The second-order valence-electron chi connectivity index (χ2n) is 12.9. The number of pyridine rings is 1. The smallest absolute Gasteiger partial charge is 1.00 e. The molecule has 0 spiro atoms. The molecule has 0 saturated heterocycles. The third kappa shape index (κ3) is 10.0. The first-order valence-electron chi connectivity index (χ1n) is 15.2. The Morgan fingerprint density at radius 2 is 0.721 bits per heavy atom. The molecule has 0 bridgehead atoms. The molecule has 0 amide bonds. The first-order chi connectivity index (χ1) is 18.8. The van der Waals surface area contributed by atoms with Gasteiger partial charge in [-0.1, -0.05) is 126 Å². The molecular formula is C37H51Cl2FeN3. The largest absolute Gasteiger partial charge is 2.00 e. The summed E-state index contributed by atoms with van der Waals surface area (Å²) in [6.07, 6.45) is 0. The van der Waals surface area contributed by atoms with E-state index in [1.807, 2.05) is 0 Å². The number of aromatic nitrogens is 1. The van der Waals surface area contributed by atoms with Gasteiger partial charge in [-0.3, -0.25) is 9.98 Å². The summed E-state index contributed by atoms with van der Waals surface area (Å²) >= 11 is 0. The fourth-order valence-corrected chi connectivity index (χ4v) is 5.21. The second kappa shape index (κ2) is 18.1. The Morgan fingerprint density at radius 1 is 0.465 bits per heavy atom. The minimum Gasteiger partial charge on any atom is -1.00 e. The van der Waals surface area contributed by atoms with Crippen LogP contribution in [0.3, 0.4) is 0 Å². The van der Waals surface area contributed by atoms with Crippen LogP contribution in [-0.2, 0) is 17.1 Å². The summed E-state index contributed by atoms with van der Waals surface area (Å²) in [6, 6.07) is 19.6. The number of aliphatic imine (C=N–C) groups is 2. The molecule has 0 saturated carbocycles. The SMILES string of the molecule is CC(C)C(=Nc1c(C(C)C)cccc1C(C)C)c1cccc(C(=Nc2c(C(C)C)cccc2C(C)C)C(C)C)n1.[Cl-].[Cl-].[Fe+2]. The topological polar surface area (TPSA) is 37.6 Å². The van der Waals surface area contributed by atoms with Crippen LogP contribution in [0.25, 0.3) is 0 Å². The zero-order valence-corrected chi connectivity index (χ0v) is 30.7. The summed E-state index contributed by atoms with van der Waals surface area (Å²) in [5, 5.41) is 0. The van der Waals surface area contributed by atoms with Gasteiger partial charge in [-0.15, -0.1) is 0 Å². The van der Waals surface area contributed by atoms with Crippen molar-refractivity contribution in [2.45, 2.75) is 107 Å². The molecule has 0 atom stereocenters. The summed E-state index contributed by atoms with van der Waals surface area (Å²) in [6.45, 7) is 26.8. The van der Waals surface area contributed by atoms with Gasteiger partial charge in [-0.25, -0.2) is 4.98 Å². The van der Waals surface area contributed by atoms with E-state index in [9.17, 15) is 0 Å². The van der Waals surface area contributed by atoms with Crippen molar-refractivity contribution in [1.82, 2.24) is 4.98 Å². The molecule has 43 heavy (non-hydrogen) atoms. The third-order valence-corrected chi connectivity index (χ3v) is 7.52. The number of para-hydroxylation sites is 2. The molecular weight excluding hydrogens is 613 g/mol. The van der Waals surface area contributed by atoms with Crippen LogP contribution >= 0.6 is 0 Å². The molecule has 0 aliphatic rings. The summed E-state index contributed by atoms with van der Waals surface area (Å²) in [4.78, 5) is 16.0. The van der Waals surface area contributed by atoms with Crippen molar-refractivity contribution in [3.05, 3.63) is 88.2 Å². The standard InChI is InChI=1S/C37H51N3.2ClH.Fe/c1-22(2)28-16-13-17-29(23(3)4)36(28)39-34(26(9)10)32-20-15-21-33(38-32)35(27(11)12)40-37-30(24(5)6)18-14-19-31(37)25(7)8;;;/h13-27H,1-12H3;2*1H;/q;;;+2/p-2. The maximum Gasteiger partial charge on any atom is 2.00 e. The van der Waals surface area contributed by atoms with Crippen LogP contribution in [0.15, 0.2) is 64.6 Å². The van der Waals surface area contributed by atoms with E-state index in [4.69, 9.17) is 15.0 Å².